The van der Waals surface area contributed by atoms with Crippen molar-refractivity contribution in [3.8, 4) is 11.4 Å². The van der Waals surface area contributed by atoms with Gasteiger partial charge < -0.3 is 4.57 Å². The lowest BCUT2D eigenvalue weighted by molar-refractivity contribution is 0.601. The predicted molar refractivity (Wildman–Crippen MR) is 112 cm³/mol. The van der Waals surface area contributed by atoms with E-state index in [1.165, 1.54) is 12.0 Å². The summed E-state index contributed by atoms with van der Waals surface area (Å²) < 4.78 is 31.2. The van der Waals surface area contributed by atoms with Crippen LogP contribution in [0.2, 0.25) is 0 Å². The average Bonchev–Trinajstić information content (AvgIpc) is 3.28. The smallest absolute Gasteiger partial charge is 0.261 e. The van der Waals surface area contributed by atoms with Gasteiger partial charge in [0.25, 0.3) is 10.0 Å². The molecular formula is C22H24N4O2S. The third kappa shape index (κ3) is 3.44. The van der Waals surface area contributed by atoms with Crippen LogP contribution in [0.3, 0.4) is 0 Å². The maximum absolute atomic E-state index is 13.1. The summed E-state index contributed by atoms with van der Waals surface area (Å²) in [5, 5.41) is 8.76. The highest BCUT2D eigenvalue weighted by Gasteiger charge is 2.22. The van der Waals surface area contributed by atoms with E-state index in [0.29, 0.717) is 10.6 Å². The zero-order valence-corrected chi connectivity index (χ0v) is 17.1. The molecule has 1 aromatic heterocycles. The van der Waals surface area contributed by atoms with Crippen molar-refractivity contribution in [2.24, 2.45) is 0 Å². The molecule has 0 radical (unpaired) electrons. The van der Waals surface area contributed by atoms with Crippen molar-refractivity contribution in [2.75, 3.05) is 4.72 Å². The molecule has 0 saturated heterocycles. The van der Waals surface area contributed by atoms with Crippen molar-refractivity contribution in [3.05, 3.63) is 59.4 Å². The Morgan fingerprint density at radius 3 is 2.66 bits per heavy atom. The standard InChI is InChI=1S/C22H24N4O2S/c27-29(28,18-13-12-16-7-6-8-17(16)15-18)25-20-10-4-3-9-19(20)22-24-23-21-11-2-1-5-14-26(21)22/h3-4,9-10,12-13,15,25H,1-2,5-8,11,14H2. The van der Waals surface area contributed by atoms with Crippen LogP contribution in [0.4, 0.5) is 5.69 Å². The molecule has 2 aliphatic rings. The molecule has 7 heteroatoms. The first-order valence-electron chi connectivity index (χ1n) is 10.3. The lowest BCUT2D eigenvalue weighted by Gasteiger charge is -2.14. The Morgan fingerprint density at radius 2 is 1.72 bits per heavy atom. The fourth-order valence-corrected chi connectivity index (χ4v) is 5.50. The van der Waals surface area contributed by atoms with Crippen LogP contribution < -0.4 is 4.72 Å². The summed E-state index contributed by atoms with van der Waals surface area (Å²) in [6.45, 7) is 0.865. The Kier molecular flexibility index (Phi) is 4.62. The van der Waals surface area contributed by atoms with Gasteiger partial charge in [0.15, 0.2) is 5.82 Å². The average molecular weight is 409 g/mol. The second-order valence-corrected chi connectivity index (χ2v) is 9.52. The number of rotatable bonds is 4. The minimum absolute atomic E-state index is 0.313. The zero-order chi connectivity index (χ0) is 19.8. The Labute approximate surface area is 171 Å². The number of benzene rings is 2. The molecule has 0 unspecified atom stereocenters. The van der Waals surface area contributed by atoms with Crippen LogP contribution in [-0.4, -0.2) is 23.2 Å². The fourth-order valence-electron chi connectivity index (χ4n) is 4.37. The van der Waals surface area contributed by atoms with E-state index in [1.807, 2.05) is 30.3 Å². The molecule has 29 heavy (non-hydrogen) atoms. The molecule has 0 spiro atoms. The van der Waals surface area contributed by atoms with Crippen LogP contribution in [0, 0.1) is 0 Å². The van der Waals surface area contributed by atoms with Gasteiger partial charge in [0.05, 0.1) is 10.6 Å². The molecule has 0 saturated carbocycles. The van der Waals surface area contributed by atoms with Crippen LogP contribution in [0.15, 0.2) is 47.4 Å². The minimum atomic E-state index is -3.68. The van der Waals surface area contributed by atoms with Gasteiger partial charge in [-0.2, -0.15) is 0 Å². The van der Waals surface area contributed by atoms with Gasteiger partial charge in [-0.1, -0.05) is 24.6 Å². The van der Waals surface area contributed by atoms with E-state index in [2.05, 4.69) is 19.5 Å². The first-order valence-corrected chi connectivity index (χ1v) is 11.8. The molecule has 0 bridgehead atoms. The van der Waals surface area contributed by atoms with Crippen LogP contribution in [0.1, 0.15) is 42.6 Å². The summed E-state index contributed by atoms with van der Waals surface area (Å²) in [5.41, 5.74) is 3.70. The molecule has 1 aliphatic carbocycles. The predicted octanol–water partition coefficient (Wildman–Crippen LogP) is 3.96. The molecule has 0 fully saturated rings. The number of hydrogen-bond donors (Lipinski definition) is 1. The molecule has 1 N–H and O–H groups in total. The van der Waals surface area contributed by atoms with Gasteiger partial charge in [0, 0.05) is 18.5 Å². The molecule has 2 heterocycles. The molecule has 150 valence electrons. The monoisotopic (exact) mass is 408 g/mol. The van der Waals surface area contributed by atoms with Crippen molar-refractivity contribution < 1.29 is 8.42 Å². The first-order chi connectivity index (χ1) is 14.1. The summed E-state index contributed by atoms with van der Waals surface area (Å²) in [4.78, 5) is 0.313. The Balaban J connectivity index is 1.51. The number of nitrogens with zero attached hydrogens (tertiary/aromatic N) is 3. The van der Waals surface area contributed by atoms with Crippen LogP contribution in [-0.2, 0) is 35.8 Å². The number of fused-ring (bicyclic) bond motifs is 2. The molecule has 1 aliphatic heterocycles. The molecule has 5 rings (SSSR count). The van der Waals surface area contributed by atoms with Crippen LogP contribution >= 0.6 is 0 Å². The summed E-state index contributed by atoms with van der Waals surface area (Å²) in [5.74, 6) is 1.71. The first kappa shape index (κ1) is 18.4. The number of para-hydroxylation sites is 1. The Morgan fingerprint density at radius 1 is 0.862 bits per heavy atom. The van der Waals surface area contributed by atoms with Gasteiger partial charge in [-0.25, -0.2) is 8.42 Å². The zero-order valence-electron chi connectivity index (χ0n) is 16.3. The van der Waals surface area contributed by atoms with Gasteiger partial charge >= 0.3 is 0 Å². The minimum Gasteiger partial charge on any atom is -0.311 e. The van der Waals surface area contributed by atoms with Gasteiger partial charge in [0.1, 0.15) is 5.82 Å². The van der Waals surface area contributed by atoms with Crippen molar-refractivity contribution >= 4 is 15.7 Å². The van der Waals surface area contributed by atoms with E-state index in [4.69, 9.17) is 0 Å². The van der Waals surface area contributed by atoms with Crippen molar-refractivity contribution in [1.29, 1.82) is 0 Å². The molecule has 0 amide bonds. The summed E-state index contributed by atoms with van der Waals surface area (Å²) in [6.07, 6.45) is 7.36. The second-order valence-electron chi connectivity index (χ2n) is 7.84. The highest BCUT2D eigenvalue weighted by Crippen LogP contribution is 2.31. The molecular weight excluding hydrogens is 384 g/mol. The van der Waals surface area contributed by atoms with Crippen LogP contribution in [0.5, 0.6) is 0 Å². The summed E-state index contributed by atoms with van der Waals surface area (Å²) in [6, 6.07) is 12.9. The second kappa shape index (κ2) is 7.30. The van der Waals surface area contributed by atoms with Crippen molar-refractivity contribution in [1.82, 2.24) is 14.8 Å². The maximum atomic E-state index is 13.1. The van der Waals surface area contributed by atoms with Crippen molar-refractivity contribution in [2.45, 2.75) is 56.4 Å². The molecule has 6 nitrogen and oxygen atoms in total. The fraction of sp³-hybridized carbons (Fsp3) is 0.364. The number of anilines is 1. The van der Waals surface area contributed by atoms with E-state index in [9.17, 15) is 8.42 Å². The normalized spacial score (nSPS) is 16.1. The van der Waals surface area contributed by atoms with E-state index < -0.39 is 10.0 Å². The highest BCUT2D eigenvalue weighted by molar-refractivity contribution is 7.92. The number of aryl methyl sites for hydroxylation is 3. The lowest BCUT2D eigenvalue weighted by Crippen LogP contribution is -2.14. The summed E-state index contributed by atoms with van der Waals surface area (Å²) >= 11 is 0. The highest BCUT2D eigenvalue weighted by atomic mass is 32.2. The van der Waals surface area contributed by atoms with E-state index in [1.54, 1.807) is 12.1 Å². The van der Waals surface area contributed by atoms with E-state index in [-0.39, 0.29) is 0 Å². The maximum Gasteiger partial charge on any atom is 0.261 e. The SMILES string of the molecule is O=S(=O)(Nc1ccccc1-c1nnc2n1CCCCC2)c1ccc2c(c1)CCC2. The Hall–Kier alpha value is -2.67. The molecule has 0 atom stereocenters. The van der Waals surface area contributed by atoms with Gasteiger partial charge in [-0.15, -0.1) is 10.2 Å². The third-order valence-electron chi connectivity index (χ3n) is 5.90. The topological polar surface area (TPSA) is 76.9 Å². The number of aromatic nitrogens is 3. The van der Waals surface area contributed by atoms with E-state index in [0.717, 1.165) is 67.8 Å². The number of sulfonamides is 1. The van der Waals surface area contributed by atoms with Gasteiger partial charge in [-0.05, 0) is 67.5 Å². The quantitative estimate of drug-likeness (QED) is 0.709. The van der Waals surface area contributed by atoms with E-state index >= 15 is 0 Å². The molecule has 3 aromatic rings. The Bertz CT molecular complexity index is 1170. The third-order valence-corrected chi connectivity index (χ3v) is 7.27. The number of hydrogen-bond acceptors (Lipinski definition) is 4. The molecule has 2 aromatic carbocycles. The summed E-state index contributed by atoms with van der Waals surface area (Å²) in [7, 11) is -3.68. The van der Waals surface area contributed by atoms with Gasteiger partial charge in [-0.3, -0.25) is 4.72 Å². The number of nitrogens with one attached hydrogen (secondary N) is 1. The van der Waals surface area contributed by atoms with Gasteiger partial charge in [0.2, 0.25) is 0 Å². The lowest BCUT2D eigenvalue weighted by atomic mass is 10.1. The largest absolute Gasteiger partial charge is 0.311 e. The van der Waals surface area contributed by atoms with Crippen molar-refractivity contribution in [3.63, 3.8) is 0 Å². The van der Waals surface area contributed by atoms with Crippen LogP contribution in [0.25, 0.3) is 11.4 Å².